The lowest BCUT2D eigenvalue weighted by atomic mass is 10.1. The van der Waals surface area contributed by atoms with E-state index in [9.17, 15) is 0 Å². The van der Waals surface area contributed by atoms with Crippen molar-refractivity contribution < 1.29 is 0 Å². The molecule has 0 spiro atoms. The first kappa shape index (κ1) is 9.04. The van der Waals surface area contributed by atoms with Gasteiger partial charge in [0.25, 0.3) is 0 Å². The summed E-state index contributed by atoms with van der Waals surface area (Å²) in [5.74, 6) is 0. The minimum atomic E-state index is 0.408. The molecule has 0 unspecified atom stereocenters. The molecule has 0 fully saturated rings. The Kier molecular flexibility index (Phi) is 2.36. The number of nitrogens with zero attached hydrogens (tertiary/aromatic N) is 2. The number of hydrogen-bond acceptors (Lipinski definition) is 1. The van der Waals surface area contributed by atoms with Crippen molar-refractivity contribution in [2.75, 3.05) is 0 Å². The summed E-state index contributed by atoms with van der Waals surface area (Å²) in [6, 6.07) is 0.408. The van der Waals surface area contributed by atoms with Gasteiger partial charge in [0.1, 0.15) is 0 Å². The van der Waals surface area contributed by atoms with Gasteiger partial charge in [0.05, 0.1) is 11.9 Å². The number of hydrogen-bond donors (Lipinski definition) is 0. The van der Waals surface area contributed by atoms with Crippen LogP contribution in [0.5, 0.6) is 0 Å². The predicted octanol–water partition coefficient (Wildman–Crippen LogP) is 2.81. The maximum Gasteiger partial charge on any atom is 0.0665 e. The van der Waals surface area contributed by atoms with Gasteiger partial charge < -0.3 is 0 Å². The van der Waals surface area contributed by atoms with E-state index in [-0.39, 0.29) is 0 Å². The van der Waals surface area contributed by atoms with Gasteiger partial charge in [0.15, 0.2) is 0 Å². The van der Waals surface area contributed by atoms with Crippen LogP contribution in [0.4, 0.5) is 0 Å². The summed E-state index contributed by atoms with van der Waals surface area (Å²) in [4.78, 5) is 0. The third-order valence-corrected chi connectivity index (χ3v) is 1.87. The quantitative estimate of drug-likeness (QED) is 0.657. The Morgan fingerprint density at radius 1 is 1.58 bits per heavy atom. The molecule has 0 aliphatic carbocycles. The van der Waals surface area contributed by atoms with Gasteiger partial charge in [-0.15, -0.1) is 0 Å². The third kappa shape index (κ3) is 1.42. The maximum absolute atomic E-state index is 4.29. The van der Waals surface area contributed by atoms with Gasteiger partial charge in [-0.2, -0.15) is 5.10 Å². The fourth-order valence-electron chi connectivity index (χ4n) is 1.37. The molecule has 0 bridgehead atoms. The number of aromatic nitrogens is 2. The molecule has 1 aromatic heterocycles. The van der Waals surface area contributed by atoms with Crippen LogP contribution in [-0.4, -0.2) is 9.78 Å². The molecule has 0 amide bonds. The fourth-order valence-corrected chi connectivity index (χ4v) is 1.37. The number of allylic oxidation sites excluding steroid dienone is 1. The standard InChI is InChI=1S/C10H16N2/c1-7(2)10-9(5)6-11-12(10)8(3)4/h6,8H,1H2,2-5H3. The van der Waals surface area contributed by atoms with Crippen LogP contribution in [0.15, 0.2) is 12.8 Å². The minimum absolute atomic E-state index is 0.408. The van der Waals surface area contributed by atoms with Gasteiger partial charge in [-0.1, -0.05) is 6.58 Å². The van der Waals surface area contributed by atoms with Crippen molar-refractivity contribution in [1.82, 2.24) is 9.78 Å². The molecule has 2 nitrogen and oxygen atoms in total. The molecule has 1 rings (SSSR count). The van der Waals surface area contributed by atoms with Gasteiger partial charge in [-0.05, 0) is 38.8 Å². The van der Waals surface area contributed by atoms with Crippen LogP contribution in [0.25, 0.3) is 5.57 Å². The Balaban J connectivity index is 3.21. The smallest absolute Gasteiger partial charge is 0.0665 e. The molecule has 1 heterocycles. The van der Waals surface area contributed by atoms with Crippen LogP contribution in [0.1, 0.15) is 38.1 Å². The van der Waals surface area contributed by atoms with Crippen LogP contribution in [-0.2, 0) is 0 Å². The predicted molar refractivity (Wildman–Crippen MR) is 52.1 cm³/mol. The molecule has 2 heteroatoms. The fraction of sp³-hybridized carbons (Fsp3) is 0.500. The summed E-state index contributed by atoms with van der Waals surface area (Å²) in [6.45, 7) is 12.3. The Labute approximate surface area is 73.9 Å². The zero-order chi connectivity index (χ0) is 9.30. The van der Waals surface area contributed by atoms with E-state index in [1.54, 1.807) is 0 Å². The summed E-state index contributed by atoms with van der Waals surface area (Å²) in [5.41, 5.74) is 3.46. The Morgan fingerprint density at radius 3 is 2.50 bits per heavy atom. The lowest BCUT2D eigenvalue weighted by molar-refractivity contribution is 0.526. The highest BCUT2D eigenvalue weighted by Gasteiger charge is 2.09. The van der Waals surface area contributed by atoms with Crippen molar-refractivity contribution in [3.05, 3.63) is 24.0 Å². The summed E-state index contributed by atoms with van der Waals surface area (Å²) >= 11 is 0. The lowest BCUT2D eigenvalue weighted by Crippen LogP contribution is -2.06. The SMILES string of the molecule is C=C(C)c1c(C)cnn1C(C)C. The Bertz CT molecular complexity index is 295. The first-order chi connectivity index (χ1) is 5.54. The molecule has 0 aliphatic heterocycles. The molecular formula is C10H16N2. The Hall–Kier alpha value is -1.05. The normalized spacial score (nSPS) is 10.8. The third-order valence-electron chi connectivity index (χ3n) is 1.87. The lowest BCUT2D eigenvalue weighted by Gasteiger charge is -2.11. The van der Waals surface area contributed by atoms with Crippen molar-refractivity contribution >= 4 is 5.57 Å². The van der Waals surface area contributed by atoms with Crippen LogP contribution >= 0.6 is 0 Å². The van der Waals surface area contributed by atoms with Crippen LogP contribution in [0, 0.1) is 6.92 Å². The summed E-state index contributed by atoms with van der Waals surface area (Å²) in [6.07, 6.45) is 1.89. The minimum Gasteiger partial charge on any atom is -0.262 e. The molecule has 12 heavy (non-hydrogen) atoms. The zero-order valence-corrected chi connectivity index (χ0v) is 8.26. The van der Waals surface area contributed by atoms with E-state index in [0.29, 0.717) is 6.04 Å². The van der Waals surface area contributed by atoms with E-state index in [2.05, 4.69) is 32.4 Å². The molecule has 0 saturated heterocycles. The van der Waals surface area contributed by atoms with Gasteiger partial charge in [-0.25, -0.2) is 0 Å². The second-order valence-corrected chi connectivity index (χ2v) is 3.49. The molecule has 0 atom stereocenters. The summed E-state index contributed by atoms with van der Waals surface area (Å²) < 4.78 is 2.01. The molecule has 0 saturated carbocycles. The zero-order valence-electron chi connectivity index (χ0n) is 8.26. The Morgan fingerprint density at radius 2 is 2.17 bits per heavy atom. The van der Waals surface area contributed by atoms with Crippen molar-refractivity contribution in [3.8, 4) is 0 Å². The number of rotatable bonds is 2. The molecule has 1 aromatic rings. The van der Waals surface area contributed by atoms with E-state index >= 15 is 0 Å². The summed E-state index contributed by atoms with van der Waals surface area (Å²) in [7, 11) is 0. The first-order valence-corrected chi connectivity index (χ1v) is 4.24. The van der Waals surface area contributed by atoms with Crippen molar-refractivity contribution in [2.45, 2.75) is 33.7 Å². The molecule has 0 aliphatic rings. The van der Waals surface area contributed by atoms with Crippen LogP contribution < -0.4 is 0 Å². The van der Waals surface area contributed by atoms with Crippen LogP contribution in [0.3, 0.4) is 0 Å². The van der Waals surface area contributed by atoms with Gasteiger partial charge in [0, 0.05) is 6.04 Å². The summed E-state index contributed by atoms with van der Waals surface area (Å²) in [5, 5.41) is 4.29. The monoisotopic (exact) mass is 164 g/mol. The molecule has 0 aromatic carbocycles. The molecule has 66 valence electrons. The van der Waals surface area contributed by atoms with Gasteiger partial charge in [-0.3, -0.25) is 4.68 Å². The van der Waals surface area contributed by atoms with Crippen molar-refractivity contribution in [3.63, 3.8) is 0 Å². The van der Waals surface area contributed by atoms with E-state index in [0.717, 1.165) is 5.57 Å². The highest BCUT2D eigenvalue weighted by molar-refractivity contribution is 5.60. The topological polar surface area (TPSA) is 17.8 Å². The van der Waals surface area contributed by atoms with E-state index in [1.807, 2.05) is 17.8 Å². The van der Waals surface area contributed by atoms with E-state index in [4.69, 9.17) is 0 Å². The van der Waals surface area contributed by atoms with Crippen molar-refractivity contribution in [2.24, 2.45) is 0 Å². The largest absolute Gasteiger partial charge is 0.262 e. The van der Waals surface area contributed by atoms with Gasteiger partial charge >= 0.3 is 0 Å². The average molecular weight is 164 g/mol. The maximum atomic E-state index is 4.29. The van der Waals surface area contributed by atoms with Gasteiger partial charge in [0.2, 0.25) is 0 Å². The first-order valence-electron chi connectivity index (χ1n) is 4.24. The van der Waals surface area contributed by atoms with E-state index < -0.39 is 0 Å². The molecular weight excluding hydrogens is 148 g/mol. The highest BCUT2D eigenvalue weighted by Crippen LogP contribution is 2.19. The average Bonchev–Trinajstić information content (AvgIpc) is 2.30. The molecule has 0 N–H and O–H groups in total. The van der Waals surface area contributed by atoms with Crippen molar-refractivity contribution in [1.29, 1.82) is 0 Å². The highest BCUT2D eigenvalue weighted by atomic mass is 15.3. The second kappa shape index (κ2) is 3.13. The second-order valence-electron chi connectivity index (χ2n) is 3.49. The number of aryl methyl sites for hydroxylation is 1. The van der Waals surface area contributed by atoms with Crippen LogP contribution in [0.2, 0.25) is 0 Å². The van der Waals surface area contributed by atoms with E-state index in [1.165, 1.54) is 11.3 Å². The molecule has 0 radical (unpaired) electrons.